The summed E-state index contributed by atoms with van der Waals surface area (Å²) in [5, 5.41) is 2.07. The van der Waals surface area contributed by atoms with Gasteiger partial charge in [0.2, 0.25) is 0 Å². The van der Waals surface area contributed by atoms with E-state index in [0.29, 0.717) is 21.9 Å². The summed E-state index contributed by atoms with van der Waals surface area (Å²) >= 11 is 25.9. The first kappa shape index (κ1) is 31.6. The van der Waals surface area contributed by atoms with Crippen molar-refractivity contribution >= 4 is 92.4 Å². The molecule has 0 spiro atoms. The smallest absolute Gasteiger partial charge is 0.341 e. The molecule has 0 saturated carbocycles. The van der Waals surface area contributed by atoms with Crippen molar-refractivity contribution in [1.82, 2.24) is 4.90 Å². The number of nitrogens with one attached hydrogen (secondary N) is 1. The minimum absolute atomic E-state index is 0.0350. The Morgan fingerprint density at radius 1 is 0.927 bits per heavy atom. The molecule has 1 atom stereocenters. The van der Waals surface area contributed by atoms with Crippen LogP contribution >= 0.6 is 57.7 Å². The van der Waals surface area contributed by atoms with Crippen molar-refractivity contribution in [2.45, 2.75) is 58.9 Å². The maximum Gasteiger partial charge on any atom is 0.341 e. The number of hydrogen-bond acceptors (Lipinski definition) is 8. The number of esters is 2. The highest BCUT2D eigenvalue weighted by Crippen LogP contribution is 2.45. The predicted octanol–water partition coefficient (Wildman–Crippen LogP) is 6.61. The summed E-state index contributed by atoms with van der Waals surface area (Å²) in [4.78, 5) is 67.2. The summed E-state index contributed by atoms with van der Waals surface area (Å²) in [6, 6.07) is -1.39. The number of benzene rings is 1. The van der Waals surface area contributed by atoms with Crippen LogP contribution in [0, 0.1) is 5.92 Å². The van der Waals surface area contributed by atoms with Gasteiger partial charge >= 0.3 is 11.9 Å². The van der Waals surface area contributed by atoms with E-state index in [4.69, 9.17) is 55.9 Å². The fourth-order valence-corrected chi connectivity index (χ4v) is 7.18. The lowest BCUT2D eigenvalue weighted by atomic mass is 9.95. The van der Waals surface area contributed by atoms with Crippen molar-refractivity contribution < 1.29 is 33.4 Å². The summed E-state index contributed by atoms with van der Waals surface area (Å²) in [5.74, 6) is -4.13. The monoisotopic (exact) mass is 662 g/mol. The van der Waals surface area contributed by atoms with Gasteiger partial charge in [-0.05, 0) is 50.5 Å². The maximum atomic E-state index is 13.3. The van der Waals surface area contributed by atoms with E-state index in [1.807, 2.05) is 0 Å². The van der Waals surface area contributed by atoms with Gasteiger partial charge in [0.15, 0.2) is 6.61 Å². The van der Waals surface area contributed by atoms with Crippen molar-refractivity contribution in [3.8, 4) is 0 Å². The number of imide groups is 1. The number of thiophene rings is 1. The van der Waals surface area contributed by atoms with Crippen molar-refractivity contribution in [2.24, 2.45) is 5.92 Å². The molecule has 0 unspecified atom stereocenters. The third-order valence-corrected chi connectivity index (χ3v) is 9.67. The van der Waals surface area contributed by atoms with Crippen molar-refractivity contribution in [2.75, 3.05) is 18.5 Å². The highest BCUT2D eigenvalue weighted by Gasteiger charge is 2.47. The van der Waals surface area contributed by atoms with Gasteiger partial charge in [0, 0.05) is 4.88 Å². The summed E-state index contributed by atoms with van der Waals surface area (Å²) in [6.45, 7) is 4.73. The van der Waals surface area contributed by atoms with Crippen LogP contribution in [0.4, 0.5) is 5.00 Å². The number of carbonyl (C=O) groups is 5. The Balaban J connectivity index is 1.53. The molecular formula is C27H26Cl4N2O7S. The lowest BCUT2D eigenvalue weighted by Crippen LogP contribution is -2.47. The molecule has 1 aromatic carbocycles. The number of hydrogen-bond donors (Lipinski definition) is 1. The third-order valence-electron chi connectivity index (χ3n) is 6.66. The molecular weight excluding hydrogens is 638 g/mol. The van der Waals surface area contributed by atoms with Crippen LogP contribution in [-0.4, -0.2) is 53.8 Å². The van der Waals surface area contributed by atoms with Gasteiger partial charge in [-0.1, -0.05) is 60.3 Å². The standard InChI is InChI=1S/C27H26Cl4N2O7S/c1-4-39-27(38)16-12-7-5-6-8-14(12)41-23(16)32-15(34)10-40-26(37)13(9-11(2)3)33-24(35)17-18(25(33)36)20(29)22(31)21(30)19(17)28/h11,13H,4-10H2,1-3H3,(H,32,34)/t13-/m0/s1. The second-order valence-corrected chi connectivity index (χ2v) is 12.5. The van der Waals surface area contributed by atoms with Crippen LogP contribution < -0.4 is 5.32 Å². The zero-order valence-electron chi connectivity index (χ0n) is 22.3. The number of ether oxygens (including phenoxy) is 2. The van der Waals surface area contributed by atoms with E-state index in [0.717, 1.165) is 29.7 Å². The second-order valence-electron chi connectivity index (χ2n) is 9.92. The fraction of sp³-hybridized carbons (Fsp3) is 0.444. The molecule has 0 saturated heterocycles. The second kappa shape index (κ2) is 12.9. The Morgan fingerprint density at radius 2 is 1.51 bits per heavy atom. The van der Waals surface area contributed by atoms with Crippen LogP contribution in [0.1, 0.15) is 81.5 Å². The van der Waals surface area contributed by atoms with Gasteiger partial charge in [-0.2, -0.15) is 0 Å². The van der Waals surface area contributed by atoms with Crippen molar-refractivity contribution in [1.29, 1.82) is 0 Å². The number of anilines is 1. The SMILES string of the molecule is CCOC(=O)c1c(NC(=O)COC(=O)[C@H](CC(C)C)N2C(=O)c3c(Cl)c(Cl)c(Cl)c(Cl)c3C2=O)sc2c1CCCC2. The van der Waals surface area contributed by atoms with Crippen LogP contribution in [0.5, 0.6) is 0 Å². The van der Waals surface area contributed by atoms with Crippen molar-refractivity contribution in [3.63, 3.8) is 0 Å². The minimum atomic E-state index is -1.39. The van der Waals surface area contributed by atoms with Crippen LogP contribution in [0.25, 0.3) is 0 Å². The quantitative estimate of drug-likeness (QED) is 0.139. The molecule has 9 nitrogen and oxygen atoms in total. The molecule has 3 amide bonds. The molecule has 41 heavy (non-hydrogen) atoms. The molecule has 1 aromatic heterocycles. The Bertz CT molecular complexity index is 1410. The molecule has 4 rings (SSSR count). The summed E-state index contributed by atoms with van der Waals surface area (Å²) in [6.07, 6.45) is 3.42. The minimum Gasteiger partial charge on any atom is -0.462 e. The number of halogens is 4. The topological polar surface area (TPSA) is 119 Å². The molecule has 2 heterocycles. The Hall–Kier alpha value is -2.37. The Kier molecular flexibility index (Phi) is 9.91. The number of nitrogens with zero attached hydrogens (tertiary/aromatic N) is 1. The number of carbonyl (C=O) groups excluding carboxylic acids is 5. The molecule has 14 heteroatoms. The number of amides is 3. The highest BCUT2D eigenvalue weighted by molar-refractivity contribution is 7.17. The van der Waals surface area contributed by atoms with Gasteiger partial charge in [0.25, 0.3) is 17.7 Å². The van der Waals surface area contributed by atoms with Gasteiger partial charge in [-0.3, -0.25) is 19.3 Å². The van der Waals surface area contributed by atoms with Gasteiger partial charge in [0.05, 0.1) is 43.4 Å². The average Bonchev–Trinajstić information content (AvgIpc) is 3.41. The Labute approximate surface area is 260 Å². The van der Waals surface area contributed by atoms with Gasteiger partial charge in [-0.25, -0.2) is 9.59 Å². The first-order chi connectivity index (χ1) is 19.4. The molecule has 1 aliphatic carbocycles. The van der Waals surface area contributed by atoms with Crippen LogP contribution in [0.15, 0.2) is 0 Å². The molecule has 0 fully saturated rings. The average molecular weight is 664 g/mol. The first-order valence-electron chi connectivity index (χ1n) is 12.9. The number of rotatable bonds is 9. The summed E-state index contributed by atoms with van der Waals surface area (Å²) in [5.41, 5.74) is 0.667. The molecule has 2 aromatic rings. The lowest BCUT2D eigenvalue weighted by molar-refractivity contribution is -0.151. The molecule has 1 aliphatic heterocycles. The van der Waals surface area contributed by atoms with Gasteiger partial charge in [0.1, 0.15) is 11.0 Å². The molecule has 1 N–H and O–H groups in total. The van der Waals surface area contributed by atoms with Crippen LogP contribution in [0.3, 0.4) is 0 Å². The van der Waals surface area contributed by atoms with E-state index in [9.17, 15) is 24.0 Å². The fourth-order valence-electron chi connectivity index (χ4n) is 4.87. The zero-order chi connectivity index (χ0) is 30.2. The van der Waals surface area contributed by atoms with Crippen LogP contribution in [0.2, 0.25) is 20.1 Å². The Morgan fingerprint density at radius 3 is 2.07 bits per heavy atom. The summed E-state index contributed by atoms with van der Waals surface area (Å²) < 4.78 is 10.5. The largest absolute Gasteiger partial charge is 0.462 e. The van der Waals surface area contributed by atoms with Gasteiger partial charge < -0.3 is 14.8 Å². The van der Waals surface area contributed by atoms with Crippen molar-refractivity contribution in [3.05, 3.63) is 47.2 Å². The number of fused-ring (bicyclic) bond motifs is 2. The van der Waals surface area contributed by atoms with E-state index >= 15 is 0 Å². The van der Waals surface area contributed by atoms with Crippen LogP contribution in [-0.2, 0) is 31.9 Å². The molecule has 220 valence electrons. The maximum absolute atomic E-state index is 13.3. The van der Waals surface area contributed by atoms with E-state index in [1.54, 1.807) is 20.8 Å². The summed E-state index contributed by atoms with van der Waals surface area (Å²) in [7, 11) is 0. The molecule has 2 aliphatic rings. The predicted molar refractivity (Wildman–Crippen MR) is 157 cm³/mol. The third kappa shape index (κ3) is 6.08. The van der Waals surface area contributed by atoms with E-state index in [1.165, 1.54) is 11.3 Å². The molecule has 0 bridgehead atoms. The number of aryl methyl sites for hydroxylation is 1. The lowest BCUT2D eigenvalue weighted by Gasteiger charge is -2.25. The van der Waals surface area contributed by atoms with E-state index < -0.39 is 42.3 Å². The normalized spacial score (nSPS) is 15.1. The van der Waals surface area contributed by atoms with E-state index in [2.05, 4.69) is 5.32 Å². The van der Waals surface area contributed by atoms with E-state index in [-0.39, 0.29) is 50.2 Å². The highest BCUT2D eigenvalue weighted by atomic mass is 35.5. The zero-order valence-corrected chi connectivity index (χ0v) is 26.2. The molecule has 0 radical (unpaired) electrons. The first-order valence-corrected chi connectivity index (χ1v) is 15.2. The van der Waals surface area contributed by atoms with Gasteiger partial charge in [-0.15, -0.1) is 11.3 Å².